The van der Waals surface area contributed by atoms with Gasteiger partial charge in [0.25, 0.3) is 5.91 Å². The van der Waals surface area contributed by atoms with Crippen molar-refractivity contribution in [3.63, 3.8) is 0 Å². The summed E-state index contributed by atoms with van der Waals surface area (Å²) >= 11 is 5.95. The Morgan fingerprint density at radius 3 is 2.71 bits per heavy atom. The van der Waals surface area contributed by atoms with E-state index < -0.39 is 33.9 Å². The Labute approximate surface area is 145 Å². The third-order valence-electron chi connectivity index (χ3n) is 3.59. The van der Waals surface area contributed by atoms with E-state index in [2.05, 4.69) is 5.32 Å². The Bertz CT molecular complexity index is 774. The summed E-state index contributed by atoms with van der Waals surface area (Å²) in [6.45, 7) is 1.19. The number of ether oxygens (including phenoxy) is 1. The molecule has 1 aromatic rings. The lowest BCUT2D eigenvalue weighted by Crippen LogP contribution is -2.48. The van der Waals surface area contributed by atoms with Crippen molar-refractivity contribution in [2.45, 2.75) is 18.9 Å². The molecule has 0 unspecified atom stereocenters. The summed E-state index contributed by atoms with van der Waals surface area (Å²) in [7, 11) is -3.12. The van der Waals surface area contributed by atoms with Gasteiger partial charge in [0.2, 0.25) is 0 Å². The molecule has 1 saturated heterocycles. The molecule has 1 atom stereocenters. The van der Waals surface area contributed by atoms with Crippen LogP contribution in [0, 0.1) is 0 Å². The van der Waals surface area contributed by atoms with Gasteiger partial charge < -0.3 is 10.1 Å². The molecule has 2 rings (SSSR count). The van der Waals surface area contributed by atoms with E-state index >= 15 is 0 Å². The second-order valence-corrected chi connectivity index (χ2v) is 8.50. The molecule has 1 heterocycles. The zero-order valence-corrected chi connectivity index (χ0v) is 14.7. The molecule has 0 saturated carbocycles. The molecule has 130 valence electrons. The minimum absolute atomic E-state index is 0.0458. The van der Waals surface area contributed by atoms with Crippen molar-refractivity contribution in [2.75, 3.05) is 18.1 Å². The topological polar surface area (TPSA) is 89.5 Å². The van der Waals surface area contributed by atoms with Gasteiger partial charge in [0, 0.05) is 11.1 Å². The summed E-state index contributed by atoms with van der Waals surface area (Å²) in [5.74, 6) is -1.28. The van der Waals surface area contributed by atoms with Gasteiger partial charge in [0.1, 0.15) is 0 Å². The second-order valence-electron chi connectivity index (χ2n) is 5.91. The first kappa shape index (κ1) is 18.5. The number of carbonyl (C=O) groups is 2. The van der Waals surface area contributed by atoms with E-state index in [1.165, 1.54) is 12.2 Å². The maximum atomic E-state index is 11.8. The smallest absolute Gasteiger partial charge is 0.331 e. The summed E-state index contributed by atoms with van der Waals surface area (Å²) in [5.41, 5.74) is -0.153. The Hall–Kier alpha value is -1.86. The molecule has 0 bridgehead atoms. The van der Waals surface area contributed by atoms with Crippen LogP contribution in [0.15, 0.2) is 30.3 Å². The van der Waals surface area contributed by atoms with Crippen LogP contribution in [0.4, 0.5) is 0 Å². The van der Waals surface area contributed by atoms with Gasteiger partial charge in [-0.3, -0.25) is 4.79 Å². The molecule has 1 aliphatic rings. The molecule has 1 aromatic carbocycles. The third-order valence-corrected chi connectivity index (χ3v) is 5.84. The van der Waals surface area contributed by atoms with Crippen LogP contribution in [0.5, 0.6) is 0 Å². The molecule has 1 N–H and O–H groups in total. The van der Waals surface area contributed by atoms with Gasteiger partial charge in [0.05, 0.1) is 17.0 Å². The summed E-state index contributed by atoms with van der Waals surface area (Å²) in [5, 5.41) is 3.10. The molecule has 0 aliphatic carbocycles. The summed E-state index contributed by atoms with van der Waals surface area (Å²) in [6.07, 6.45) is 3.02. The van der Waals surface area contributed by atoms with E-state index in [9.17, 15) is 18.0 Å². The number of hydrogen-bond acceptors (Lipinski definition) is 5. The van der Waals surface area contributed by atoms with Gasteiger partial charge in [-0.2, -0.15) is 0 Å². The Kier molecular flexibility index (Phi) is 5.66. The van der Waals surface area contributed by atoms with E-state index in [-0.39, 0.29) is 11.5 Å². The maximum absolute atomic E-state index is 11.8. The molecule has 1 aliphatic heterocycles. The van der Waals surface area contributed by atoms with Crippen molar-refractivity contribution in [1.82, 2.24) is 5.32 Å². The molecule has 0 spiro atoms. The van der Waals surface area contributed by atoms with E-state index in [0.717, 1.165) is 0 Å². The number of amides is 1. The largest absolute Gasteiger partial charge is 0.452 e. The van der Waals surface area contributed by atoms with Crippen molar-refractivity contribution >= 4 is 39.4 Å². The summed E-state index contributed by atoms with van der Waals surface area (Å²) < 4.78 is 27.8. The summed E-state index contributed by atoms with van der Waals surface area (Å²) in [6, 6.07) is 6.98. The first-order chi connectivity index (χ1) is 11.2. The lowest BCUT2D eigenvalue weighted by atomic mass is 10.0. The number of hydrogen-bond donors (Lipinski definition) is 1. The van der Waals surface area contributed by atoms with E-state index in [4.69, 9.17) is 16.3 Å². The Morgan fingerprint density at radius 2 is 2.08 bits per heavy atom. The molecule has 8 heteroatoms. The van der Waals surface area contributed by atoms with Crippen LogP contribution in [-0.4, -0.2) is 43.9 Å². The molecule has 0 radical (unpaired) electrons. The minimum Gasteiger partial charge on any atom is -0.452 e. The van der Waals surface area contributed by atoms with Gasteiger partial charge >= 0.3 is 5.97 Å². The average molecular weight is 372 g/mol. The fourth-order valence-electron chi connectivity index (χ4n) is 2.43. The molecular weight excluding hydrogens is 354 g/mol. The number of carbonyl (C=O) groups excluding carboxylic acids is 2. The van der Waals surface area contributed by atoms with Crippen molar-refractivity contribution in [3.05, 3.63) is 40.9 Å². The van der Waals surface area contributed by atoms with Crippen molar-refractivity contribution in [1.29, 1.82) is 0 Å². The van der Waals surface area contributed by atoms with Gasteiger partial charge in [-0.15, -0.1) is 0 Å². The fourth-order valence-corrected chi connectivity index (χ4v) is 4.73. The highest BCUT2D eigenvalue weighted by Gasteiger charge is 2.39. The van der Waals surface area contributed by atoms with Crippen LogP contribution in [0.25, 0.3) is 6.08 Å². The van der Waals surface area contributed by atoms with Crippen LogP contribution in [0.1, 0.15) is 18.9 Å². The highest BCUT2D eigenvalue weighted by Crippen LogP contribution is 2.22. The van der Waals surface area contributed by atoms with Crippen LogP contribution in [-0.2, 0) is 24.2 Å². The predicted molar refractivity (Wildman–Crippen MR) is 91.3 cm³/mol. The quantitative estimate of drug-likeness (QED) is 0.627. The molecule has 1 amide bonds. The SMILES string of the molecule is C[C@]1(NC(=O)COC(=O)/C=C/c2ccccc2Cl)CCS(=O)(=O)C1. The van der Waals surface area contributed by atoms with Crippen LogP contribution in [0.3, 0.4) is 0 Å². The number of halogens is 1. The minimum atomic E-state index is -3.12. The monoisotopic (exact) mass is 371 g/mol. The number of nitrogens with one attached hydrogen (secondary N) is 1. The lowest BCUT2D eigenvalue weighted by Gasteiger charge is -2.23. The molecule has 0 aromatic heterocycles. The second kappa shape index (κ2) is 7.36. The van der Waals surface area contributed by atoms with Crippen LogP contribution in [0.2, 0.25) is 5.02 Å². The lowest BCUT2D eigenvalue weighted by molar-refractivity contribution is -0.144. The maximum Gasteiger partial charge on any atom is 0.331 e. The van der Waals surface area contributed by atoms with Crippen molar-refractivity contribution in [3.8, 4) is 0 Å². The first-order valence-electron chi connectivity index (χ1n) is 7.30. The highest BCUT2D eigenvalue weighted by atomic mass is 35.5. The van der Waals surface area contributed by atoms with Crippen LogP contribution >= 0.6 is 11.6 Å². The number of esters is 1. The van der Waals surface area contributed by atoms with Crippen LogP contribution < -0.4 is 5.32 Å². The van der Waals surface area contributed by atoms with Gasteiger partial charge in [-0.05, 0) is 31.1 Å². The van der Waals surface area contributed by atoms with E-state index in [1.807, 2.05) is 0 Å². The normalized spacial score (nSPS) is 22.4. The third kappa shape index (κ3) is 5.35. The van der Waals surface area contributed by atoms with Crippen molar-refractivity contribution in [2.24, 2.45) is 0 Å². The standard InChI is InChI=1S/C16H18ClNO5S/c1-16(8-9-24(21,22)11-16)18-14(19)10-23-15(20)7-6-12-4-2-3-5-13(12)17/h2-7H,8-11H2,1H3,(H,18,19)/b7-6+/t16-/m0/s1. The number of sulfone groups is 1. The van der Waals surface area contributed by atoms with Gasteiger partial charge in [0.15, 0.2) is 16.4 Å². The zero-order chi connectivity index (χ0) is 17.8. The average Bonchev–Trinajstić information content (AvgIpc) is 2.77. The highest BCUT2D eigenvalue weighted by molar-refractivity contribution is 7.91. The predicted octanol–water partition coefficient (Wildman–Crippen LogP) is 1.59. The number of benzene rings is 1. The zero-order valence-electron chi connectivity index (χ0n) is 13.1. The Morgan fingerprint density at radius 1 is 1.38 bits per heavy atom. The number of rotatable bonds is 5. The van der Waals surface area contributed by atoms with E-state index in [1.54, 1.807) is 31.2 Å². The van der Waals surface area contributed by atoms with Gasteiger partial charge in [-0.25, -0.2) is 13.2 Å². The molecule has 24 heavy (non-hydrogen) atoms. The fraction of sp³-hybridized carbons (Fsp3) is 0.375. The van der Waals surface area contributed by atoms with E-state index in [0.29, 0.717) is 17.0 Å². The molecule has 1 fully saturated rings. The van der Waals surface area contributed by atoms with Crippen molar-refractivity contribution < 1.29 is 22.7 Å². The summed E-state index contributed by atoms with van der Waals surface area (Å²) in [4.78, 5) is 23.4. The Balaban J connectivity index is 1.82. The molecular formula is C16H18ClNO5S. The molecule has 6 nitrogen and oxygen atoms in total. The van der Waals surface area contributed by atoms with Gasteiger partial charge in [-0.1, -0.05) is 29.8 Å². The first-order valence-corrected chi connectivity index (χ1v) is 9.50.